The van der Waals surface area contributed by atoms with Crippen molar-refractivity contribution in [1.82, 2.24) is 14.8 Å². The van der Waals surface area contributed by atoms with E-state index < -0.39 is 18.6 Å². The van der Waals surface area contributed by atoms with Crippen LogP contribution in [0.2, 0.25) is 5.02 Å². The minimum atomic E-state index is -0.980. The van der Waals surface area contributed by atoms with Gasteiger partial charge in [-0.3, -0.25) is 14.6 Å². The first-order valence-corrected chi connectivity index (χ1v) is 12.2. The summed E-state index contributed by atoms with van der Waals surface area (Å²) < 4.78 is 7.15. The number of benzene rings is 2. The van der Waals surface area contributed by atoms with E-state index in [1.54, 1.807) is 35.0 Å². The molecule has 38 heavy (non-hydrogen) atoms. The molecule has 4 aromatic rings. The van der Waals surface area contributed by atoms with Crippen LogP contribution in [-0.4, -0.2) is 56.1 Å². The molecular weight excluding hydrogens is 510 g/mol. The first-order chi connectivity index (χ1) is 18.4. The number of amides is 2. The molecule has 0 radical (unpaired) electrons. The fraction of sp³-hybridized carbons (Fsp3) is 0.185. The summed E-state index contributed by atoms with van der Waals surface area (Å²) in [5.41, 5.74) is 10.7. The van der Waals surface area contributed by atoms with Crippen LogP contribution in [0, 0.1) is 0 Å². The SMILES string of the molecule is NC(=O)c1nn(-c2ccc(OCC(O)CO)cc2)c2c1CCc1ccc(NC(=O)c3ccncc3Cl)cc1-2. The standard InChI is InChI=1S/C27H24ClN5O5/c28-23-12-30-10-9-20(23)27(37)31-16-3-1-15-2-8-21-24(26(29)36)32-33(25(21)22(15)11-16)17-4-6-19(7-5-17)38-14-18(35)13-34/h1,3-7,9-12,18,34-35H,2,8,13-14H2,(H2,29,36)(H,31,37). The number of aliphatic hydroxyl groups is 2. The largest absolute Gasteiger partial charge is 0.491 e. The number of fused-ring (bicyclic) bond motifs is 3. The van der Waals surface area contributed by atoms with Gasteiger partial charge in [-0.2, -0.15) is 5.10 Å². The highest BCUT2D eigenvalue weighted by Gasteiger charge is 2.28. The number of pyridine rings is 1. The molecule has 0 saturated heterocycles. The van der Waals surface area contributed by atoms with Gasteiger partial charge in [-0.15, -0.1) is 0 Å². The number of aryl methyl sites for hydroxylation is 1. The van der Waals surface area contributed by atoms with Crippen LogP contribution in [0.1, 0.15) is 32.0 Å². The normalized spacial score (nSPS) is 12.8. The van der Waals surface area contributed by atoms with Crippen molar-refractivity contribution < 1.29 is 24.5 Å². The number of anilines is 1. The predicted molar refractivity (Wildman–Crippen MR) is 141 cm³/mol. The molecule has 0 spiro atoms. The number of nitrogens with one attached hydrogen (secondary N) is 1. The zero-order chi connectivity index (χ0) is 26.8. The number of primary amides is 1. The van der Waals surface area contributed by atoms with Crippen molar-refractivity contribution in [3.63, 3.8) is 0 Å². The van der Waals surface area contributed by atoms with Gasteiger partial charge in [0.1, 0.15) is 18.5 Å². The molecule has 1 aliphatic rings. The van der Waals surface area contributed by atoms with E-state index in [2.05, 4.69) is 15.4 Å². The first kappa shape index (κ1) is 25.4. The second-order valence-corrected chi connectivity index (χ2v) is 9.18. The number of aliphatic hydroxyl groups excluding tert-OH is 2. The quantitative estimate of drug-likeness (QED) is 0.271. The Bertz CT molecular complexity index is 1520. The van der Waals surface area contributed by atoms with Crippen LogP contribution in [-0.2, 0) is 12.8 Å². The molecule has 0 fully saturated rings. The molecule has 0 saturated carbocycles. The molecule has 2 amide bonds. The molecule has 10 nitrogen and oxygen atoms in total. The minimum Gasteiger partial charge on any atom is -0.491 e. The maximum Gasteiger partial charge on any atom is 0.269 e. The average molecular weight is 534 g/mol. The van der Waals surface area contributed by atoms with E-state index in [9.17, 15) is 14.7 Å². The van der Waals surface area contributed by atoms with Gasteiger partial charge in [0, 0.05) is 29.2 Å². The van der Waals surface area contributed by atoms with E-state index in [0.717, 1.165) is 16.7 Å². The lowest BCUT2D eigenvalue weighted by Gasteiger charge is -2.20. The Morgan fingerprint density at radius 1 is 1.16 bits per heavy atom. The summed E-state index contributed by atoms with van der Waals surface area (Å²) in [5, 5.41) is 26.2. The highest BCUT2D eigenvalue weighted by Crippen LogP contribution is 2.38. The summed E-state index contributed by atoms with van der Waals surface area (Å²) in [6.45, 7) is -0.448. The van der Waals surface area contributed by atoms with Gasteiger partial charge in [0.05, 0.1) is 28.6 Å². The molecule has 1 atom stereocenters. The lowest BCUT2D eigenvalue weighted by Crippen LogP contribution is -2.21. The fourth-order valence-electron chi connectivity index (χ4n) is 4.39. The summed E-state index contributed by atoms with van der Waals surface area (Å²) in [4.78, 5) is 29.0. The van der Waals surface area contributed by atoms with Crippen LogP contribution >= 0.6 is 11.6 Å². The van der Waals surface area contributed by atoms with Gasteiger partial charge in [-0.25, -0.2) is 4.68 Å². The van der Waals surface area contributed by atoms with Gasteiger partial charge in [0.15, 0.2) is 5.69 Å². The van der Waals surface area contributed by atoms with Crippen LogP contribution in [0.15, 0.2) is 60.9 Å². The summed E-state index contributed by atoms with van der Waals surface area (Å²) >= 11 is 6.13. The van der Waals surface area contributed by atoms with Gasteiger partial charge in [-0.1, -0.05) is 17.7 Å². The number of halogens is 1. The third kappa shape index (κ3) is 4.97. The summed E-state index contributed by atoms with van der Waals surface area (Å²) in [7, 11) is 0. The van der Waals surface area contributed by atoms with E-state index in [1.807, 2.05) is 18.2 Å². The van der Waals surface area contributed by atoms with Gasteiger partial charge in [0.2, 0.25) is 0 Å². The Hall–Kier alpha value is -4.25. The van der Waals surface area contributed by atoms with Crippen molar-refractivity contribution >= 4 is 29.1 Å². The van der Waals surface area contributed by atoms with Crippen LogP contribution in [0.4, 0.5) is 5.69 Å². The Balaban J connectivity index is 1.52. The average Bonchev–Trinajstić information content (AvgIpc) is 3.33. The Morgan fingerprint density at radius 3 is 2.66 bits per heavy atom. The number of aromatic nitrogens is 3. The molecule has 1 aliphatic carbocycles. The van der Waals surface area contributed by atoms with Crippen molar-refractivity contribution in [2.24, 2.45) is 5.73 Å². The highest BCUT2D eigenvalue weighted by molar-refractivity contribution is 6.34. The molecule has 2 aromatic carbocycles. The van der Waals surface area contributed by atoms with Crippen LogP contribution in [0.25, 0.3) is 16.9 Å². The van der Waals surface area contributed by atoms with Crippen LogP contribution in [0.3, 0.4) is 0 Å². The van der Waals surface area contributed by atoms with Crippen LogP contribution in [0.5, 0.6) is 5.75 Å². The van der Waals surface area contributed by atoms with Crippen molar-refractivity contribution in [3.8, 4) is 22.7 Å². The third-order valence-corrected chi connectivity index (χ3v) is 6.54. The topological polar surface area (TPSA) is 153 Å². The maximum absolute atomic E-state index is 12.8. The molecule has 0 bridgehead atoms. The monoisotopic (exact) mass is 533 g/mol. The van der Waals surface area contributed by atoms with Crippen molar-refractivity contribution in [3.05, 3.63) is 88.3 Å². The van der Waals surface area contributed by atoms with Gasteiger partial charge < -0.3 is 26.0 Å². The number of nitrogens with two attached hydrogens (primary N) is 1. The van der Waals surface area contributed by atoms with E-state index >= 15 is 0 Å². The second-order valence-electron chi connectivity index (χ2n) is 8.77. The van der Waals surface area contributed by atoms with Gasteiger partial charge in [-0.05, 0) is 60.9 Å². The fourth-order valence-corrected chi connectivity index (χ4v) is 4.59. The summed E-state index contributed by atoms with van der Waals surface area (Å²) in [6, 6.07) is 14.1. The van der Waals surface area contributed by atoms with Crippen molar-refractivity contribution in [2.45, 2.75) is 18.9 Å². The van der Waals surface area contributed by atoms with Gasteiger partial charge >= 0.3 is 0 Å². The highest BCUT2D eigenvalue weighted by atomic mass is 35.5. The summed E-state index contributed by atoms with van der Waals surface area (Å²) in [5.74, 6) is -0.502. The molecule has 2 heterocycles. The zero-order valence-electron chi connectivity index (χ0n) is 20.1. The molecule has 0 aliphatic heterocycles. The molecule has 194 valence electrons. The number of nitrogens with zero attached hydrogens (tertiary/aromatic N) is 3. The van der Waals surface area contributed by atoms with Crippen LogP contribution < -0.4 is 15.8 Å². The lowest BCUT2D eigenvalue weighted by atomic mass is 9.88. The third-order valence-electron chi connectivity index (χ3n) is 6.24. The number of carbonyl (C=O) groups is 2. The minimum absolute atomic E-state index is 0.0502. The molecule has 1 unspecified atom stereocenters. The van der Waals surface area contributed by atoms with E-state index in [4.69, 9.17) is 27.2 Å². The second kappa shape index (κ2) is 10.6. The molecule has 11 heteroatoms. The first-order valence-electron chi connectivity index (χ1n) is 11.8. The Kier molecular flexibility index (Phi) is 7.10. The molecule has 5 N–H and O–H groups in total. The Labute approximate surface area is 222 Å². The van der Waals surface area contributed by atoms with Gasteiger partial charge in [0.25, 0.3) is 11.8 Å². The van der Waals surface area contributed by atoms with Crippen molar-refractivity contribution in [1.29, 1.82) is 0 Å². The van der Waals surface area contributed by atoms with E-state index in [0.29, 0.717) is 41.2 Å². The number of hydrogen-bond acceptors (Lipinski definition) is 7. The molecule has 2 aromatic heterocycles. The smallest absolute Gasteiger partial charge is 0.269 e. The predicted octanol–water partition coefficient (Wildman–Crippen LogP) is 2.77. The number of ether oxygens (including phenoxy) is 1. The van der Waals surface area contributed by atoms with Crippen molar-refractivity contribution in [2.75, 3.05) is 18.5 Å². The van der Waals surface area contributed by atoms with E-state index in [-0.39, 0.29) is 23.2 Å². The number of rotatable bonds is 8. The maximum atomic E-state index is 12.8. The molecule has 5 rings (SSSR count). The molecular formula is C27H24ClN5O5. The lowest BCUT2D eigenvalue weighted by molar-refractivity contribution is 0.0536. The summed E-state index contributed by atoms with van der Waals surface area (Å²) in [6.07, 6.45) is 3.18. The van der Waals surface area contributed by atoms with E-state index in [1.165, 1.54) is 12.4 Å². The number of hydrogen-bond donors (Lipinski definition) is 4. The number of carbonyl (C=O) groups excluding carboxylic acids is 2. The Morgan fingerprint density at radius 2 is 1.95 bits per heavy atom. The zero-order valence-corrected chi connectivity index (χ0v) is 20.9.